The van der Waals surface area contributed by atoms with Crippen molar-refractivity contribution in [1.29, 1.82) is 5.41 Å². The number of nitrogens with one attached hydrogen (secondary N) is 1. The Morgan fingerprint density at radius 2 is 1.97 bits per heavy atom. The van der Waals surface area contributed by atoms with Crippen LogP contribution in [0.3, 0.4) is 0 Å². The van der Waals surface area contributed by atoms with Gasteiger partial charge in [0.2, 0.25) is 5.17 Å². The number of hydrogen-bond acceptors (Lipinski definition) is 6. The fourth-order valence-corrected chi connectivity index (χ4v) is 4.46. The number of fused-ring (bicyclic) bond motifs is 1. The summed E-state index contributed by atoms with van der Waals surface area (Å²) in [6.45, 7) is 4.69. The van der Waals surface area contributed by atoms with E-state index in [1.807, 2.05) is 37.3 Å². The predicted molar refractivity (Wildman–Crippen MR) is 133 cm³/mol. The van der Waals surface area contributed by atoms with Crippen molar-refractivity contribution in [1.82, 2.24) is 5.01 Å². The monoisotopic (exact) mass is 482 g/mol. The normalized spacial score (nSPS) is 16.6. The van der Waals surface area contributed by atoms with E-state index in [9.17, 15) is 4.79 Å². The van der Waals surface area contributed by atoms with Crippen molar-refractivity contribution in [3.8, 4) is 11.5 Å². The first kappa shape index (κ1) is 23.1. The van der Waals surface area contributed by atoms with Crippen LogP contribution in [-0.2, 0) is 11.4 Å². The van der Waals surface area contributed by atoms with Gasteiger partial charge in [0.1, 0.15) is 11.7 Å². The van der Waals surface area contributed by atoms with Gasteiger partial charge in [0.25, 0.3) is 5.91 Å². The molecule has 33 heavy (non-hydrogen) atoms. The molecule has 0 aromatic heterocycles. The summed E-state index contributed by atoms with van der Waals surface area (Å²) in [6, 6.07) is 12.9. The third kappa shape index (κ3) is 5.12. The number of hydrazone groups is 1. The van der Waals surface area contributed by atoms with Crippen LogP contribution in [0.1, 0.15) is 37.8 Å². The number of amides is 1. The standard InChI is InChI=1S/C24H23ClN4O3S/c1-3-7-21-28-29-22(26)17(23(30)27-24(29)33-21)12-15-10-11-19(20(13-15)31-4-2)32-14-16-8-5-6-9-18(16)25/h5-6,8-13,26H,3-4,7,14H2,1-2H3. The van der Waals surface area contributed by atoms with Crippen molar-refractivity contribution in [2.45, 2.75) is 33.3 Å². The Morgan fingerprint density at radius 3 is 2.73 bits per heavy atom. The van der Waals surface area contributed by atoms with Crippen molar-refractivity contribution in [3.63, 3.8) is 0 Å². The highest BCUT2D eigenvalue weighted by Crippen LogP contribution is 2.33. The zero-order chi connectivity index (χ0) is 23.4. The minimum absolute atomic E-state index is 0.0145. The van der Waals surface area contributed by atoms with Gasteiger partial charge < -0.3 is 9.47 Å². The highest BCUT2D eigenvalue weighted by Gasteiger charge is 2.35. The fourth-order valence-electron chi connectivity index (χ4n) is 3.29. The molecule has 0 saturated carbocycles. The van der Waals surface area contributed by atoms with Gasteiger partial charge in [0.05, 0.1) is 12.2 Å². The summed E-state index contributed by atoms with van der Waals surface area (Å²) in [7, 11) is 0. The second kappa shape index (κ2) is 10.2. The number of benzene rings is 2. The quantitative estimate of drug-likeness (QED) is 0.485. The largest absolute Gasteiger partial charge is 0.490 e. The van der Waals surface area contributed by atoms with Crippen molar-refractivity contribution in [2.24, 2.45) is 10.1 Å². The average molecular weight is 483 g/mol. The second-order valence-corrected chi connectivity index (χ2v) is 8.73. The molecule has 0 bridgehead atoms. The summed E-state index contributed by atoms with van der Waals surface area (Å²) in [5, 5.41) is 16.3. The molecule has 170 valence electrons. The molecular formula is C24H23ClN4O3S. The molecule has 7 nitrogen and oxygen atoms in total. The molecule has 1 amide bonds. The Balaban J connectivity index is 1.58. The highest BCUT2D eigenvalue weighted by molar-refractivity contribution is 8.26. The maximum Gasteiger partial charge on any atom is 0.283 e. The van der Waals surface area contributed by atoms with Crippen LogP contribution in [0.4, 0.5) is 0 Å². The van der Waals surface area contributed by atoms with E-state index in [1.54, 1.807) is 18.2 Å². The molecule has 0 atom stereocenters. The molecular weight excluding hydrogens is 460 g/mol. The first-order chi connectivity index (χ1) is 16.0. The van der Waals surface area contributed by atoms with E-state index in [2.05, 4.69) is 17.0 Å². The first-order valence-electron chi connectivity index (χ1n) is 10.6. The number of carbonyl (C=O) groups excluding carboxylic acids is 1. The van der Waals surface area contributed by atoms with Gasteiger partial charge in [-0.25, -0.2) is 0 Å². The lowest BCUT2D eigenvalue weighted by atomic mass is 10.1. The van der Waals surface area contributed by atoms with Crippen LogP contribution in [0, 0.1) is 5.41 Å². The molecule has 0 fully saturated rings. The van der Waals surface area contributed by atoms with Crippen LogP contribution in [0.25, 0.3) is 6.08 Å². The molecule has 0 saturated heterocycles. The number of amidine groups is 2. The number of carbonyl (C=O) groups is 1. The highest BCUT2D eigenvalue weighted by atomic mass is 35.5. The maximum atomic E-state index is 12.6. The topological polar surface area (TPSA) is 87.3 Å². The van der Waals surface area contributed by atoms with E-state index >= 15 is 0 Å². The predicted octanol–water partition coefficient (Wildman–Crippen LogP) is 5.74. The maximum absolute atomic E-state index is 12.6. The molecule has 9 heteroatoms. The SMILES string of the molecule is CCCC1=NN2C(=N)C(=Cc3ccc(OCc4ccccc4Cl)c(OCC)c3)C(=O)N=C2S1. The molecule has 0 spiro atoms. The molecule has 0 unspecified atom stereocenters. The van der Waals surface area contributed by atoms with Gasteiger partial charge in [-0.2, -0.15) is 15.1 Å². The summed E-state index contributed by atoms with van der Waals surface area (Å²) in [4.78, 5) is 16.8. The fraction of sp³-hybridized carbons (Fsp3) is 0.250. The lowest BCUT2D eigenvalue weighted by molar-refractivity contribution is -0.114. The smallest absolute Gasteiger partial charge is 0.283 e. The Kier molecular flexibility index (Phi) is 7.15. The van der Waals surface area contributed by atoms with Crippen molar-refractivity contribution >= 4 is 51.4 Å². The number of halogens is 1. The first-order valence-corrected chi connectivity index (χ1v) is 11.8. The van der Waals surface area contributed by atoms with Gasteiger partial charge in [-0.1, -0.05) is 42.8 Å². The Hall–Kier alpha value is -3.10. The third-order valence-electron chi connectivity index (χ3n) is 4.88. The number of nitrogens with zero attached hydrogens (tertiary/aromatic N) is 3. The van der Waals surface area contributed by atoms with Gasteiger partial charge in [-0.05, 0) is 61.4 Å². The van der Waals surface area contributed by atoms with E-state index in [0.29, 0.717) is 40.5 Å². The van der Waals surface area contributed by atoms with E-state index in [0.717, 1.165) is 23.4 Å². The van der Waals surface area contributed by atoms with E-state index in [1.165, 1.54) is 16.8 Å². The minimum atomic E-state index is -0.455. The number of ether oxygens (including phenoxy) is 2. The summed E-state index contributed by atoms with van der Waals surface area (Å²) < 4.78 is 11.7. The number of hydrogen-bond donors (Lipinski definition) is 1. The molecule has 2 heterocycles. The molecule has 2 aliphatic heterocycles. The third-order valence-corrected chi connectivity index (χ3v) is 6.22. The Labute approximate surface area is 201 Å². The van der Waals surface area contributed by atoms with Crippen molar-refractivity contribution in [2.75, 3.05) is 6.61 Å². The minimum Gasteiger partial charge on any atom is -0.490 e. The lowest BCUT2D eigenvalue weighted by Crippen LogP contribution is -2.35. The van der Waals surface area contributed by atoms with Crippen LogP contribution in [0.2, 0.25) is 5.02 Å². The molecule has 2 aromatic rings. The summed E-state index contributed by atoms with van der Waals surface area (Å²) in [5.41, 5.74) is 1.74. The van der Waals surface area contributed by atoms with Crippen LogP contribution in [0.15, 0.2) is 58.1 Å². The number of rotatable bonds is 8. The Morgan fingerprint density at radius 1 is 1.15 bits per heavy atom. The van der Waals surface area contributed by atoms with Crippen molar-refractivity contribution < 1.29 is 14.3 Å². The second-order valence-electron chi connectivity index (χ2n) is 7.28. The summed E-state index contributed by atoms with van der Waals surface area (Å²) in [5.74, 6) is 0.663. The van der Waals surface area contributed by atoms with Gasteiger partial charge >= 0.3 is 0 Å². The van der Waals surface area contributed by atoms with Gasteiger partial charge in [-0.3, -0.25) is 10.2 Å². The molecule has 0 aliphatic carbocycles. The summed E-state index contributed by atoms with van der Waals surface area (Å²) >= 11 is 7.56. The molecule has 2 aliphatic rings. The number of aliphatic imine (C=N–C) groups is 1. The molecule has 4 rings (SSSR count). The Bertz CT molecular complexity index is 1190. The molecule has 0 radical (unpaired) electrons. The zero-order valence-electron chi connectivity index (χ0n) is 18.3. The molecule has 1 N–H and O–H groups in total. The number of thioether (sulfide) groups is 1. The van der Waals surface area contributed by atoms with E-state index in [-0.39, 0.29) is 11.4 Å². The van der Waals surface area contributed by atoms with Crippen LogP contribution in [-0.4, -0.2) is 33.6 Å². The van der Waals surface area contributed by atoms with Crippen LogP contribution >= 0.6 is 23.4 Å². The zero-order valence-corrected chi connectivity index (χ0v) is 19.9. The lowest BCUT2D eigenvalue weighted by Gasteiger charge is -2.20. The molecule has 2 aromatic carbocycles. The average Bonchev–Trinajstić information content (AvgIpc) is 3.20. The van der Waals surface area contributed by atoms with Gasteiger partial charge in [0.15, 0.2) is 17.3 Å². The van der Waals surface area contributed by atoms with Crippen LogP contribution in [0.5, 0.6) is 11.5 Å². The van der Waals surface area contributed by atoms with E-state index < -0.39 is 5.91 Å². The summed E-state index contributed by atoms with van der Waals surface area (Å²) in [6.07, 6.45) is 3.35. The van der Waals surface area contributed by atoms with E-state index in [4.69, 9.17) is 26.5 Å². The van der Waals surface area contributed by atoms with Crippen molar-refractivity contribution in [3.05, 3.63) is 64.2 Å². The van der Waals surface area contributed by atoms with Gasteiger partial charge in [0, 0.05) is 10.6 Å². The van der Waals surface area contributed by atoms with Crippen LogP contribution < -0.4 is 9.47 Å². The van der Waals surface area contributed by atoms with Gasteiger partial charge in [-0.15, -0.1) is 0 Å².